The molecule has 0 bridgehead atoms. The fourth-order valence-corrected chi connectivity index (χ4v) is 3.77. The number of Topliss-reactive ketones (excluding diaryl/α,β-unsaturated/α-hetero) is 1. The highest BCUT2D eigenvalue weighted by molar-refractivity contribution is 7.07. The molecule has 2 saturated carbocycles. The van der Waals surface area contributed by atoms with Gasteiger partial charge < -0.3 is 0 Å². The van der Waals surface area contributed by atoms with Crippen molar-refractivity contribution in [1.82, 2.24) is 0 Å². The Labute approximate surface area is 121 Å². The predicted molar refractivity (Wildman–Crippen MR) is 82.5 cm³/mol. The fourth-order valence-electron chi connectivity index (χ4n) is 3.32. The maximum Gasteiger partial charge on any atom is 0.136 e. The van der Waals surface area contributed by atoms with Crippen LogP contribution in [0.2, 0.25) is 0 Å². The zero-order valence-corrected chi connectivity index (χ0v) is 12.7. The van der Waals surface area contributed by atoms with E-state index in [9.17, 15) is 4.79 Å². The average Bonchev–Trinajstić information content (AvgIpc) is 3.15. The molecule has 1 aromatic heterocycles. The number of thiophene rings is 1. The van der Waals surface area contributed by atoms with Gasteiger partial charge in [-0.1, -0.05) is 57.1 Å². The molecule has 2 aliphatic rings. The Hall–Kier alpha value is -0.630. The Morgan fingerprint density at radius 3 is 2.00 bits per heavy atom. The second-order valence-corrected chi connectivity index (χ2v) is 6.77. The van der Waals surface area contributed by atoms with Crippen molar-refractivity contribution in [3.05, 3.63) is 22.9 Å². The molecule has 19 heavy (non-hydrogen) atoms. The summed E-state index contributed by atoms with van der Waals surface area (Å²) in [7, 11) is 0. The number of carbonyl (C=O) groups excluding carboxylic acids is 1. The lowest BCUT2D eigenvalue weighted by atomic mass is 9.83. The van der Waals surface area contributed by atoms with Crippen molar-refractivity contribution in [3.63, 3.8) is 0 Å². The summed E-state index contributed by atoms with van der Waals surface area (Å²) in [6.07, 6.45) is 12.6. The van der Waals surface area contributed by atoms with E-state index in [-0.39, 0.29) is 0 Å². The van der Waals surface area contributed by atoms with Crippen molar-refractivity contribution in [1.29, 1.82) is 0 Å². The Balaban J connectivity index is 0.000000224. The summed E-state index contributed by atoms with van der Waals surface area (Å²) in [6, 6.07) is 4.04. The van der Waals surface area contributed by atoms with Crippen LogP contribution in [-0.2, 0) is 4.79 Å². The molecule has 106 valence electrons. The minimum absolute atomic E-state index is 0.448. The lowest BCUT2D eigenvalue weighted by Gasteiger charge is -2.21. The second-order valence-electron chi connectivity index (χ2n) is 5.95. The van der Waals surface area contributed by atoms with Crippen LogP contribution < -0.4 is 0 Å². The highest BCUT2D eigenvalue weighted by Crippen LogP contribution is 2.31. The number of rotatable bonds is 3. The molecule has 3 rings (SSSR count). The summed E-state index contributed by atoms with van der Waals surface area (Å²) in [4.78, 5) is 12.0. The van der Waals surface area contributed by atoms with E-state index >= 15 is 0 Å². The van der Waals surface area contributed by atoms with Crippen LogP contribution in [0.3, 0.4) is 0 Å². The number of hydrogen-bond donors (Lipinski definition) is 0. The summed E-state index contributed by atoms with van der Waals surface area (Å²) in [6.45, 7) is 0. The average molecular weight is 278 g/mol. The Bertz CT molecular complexity index is 315. The maximum atomic E-state index is 12.0. The van der Waals surface area contributed by atoms with Gasteiger partial charge in [0.05, 0.1) is 0 Å². The van der Waals surface area contributed by atoms with Gasteiger partial charge in [0, 0.05) is 12.3 Å². The van der Waals surface area contributed by atoms with Gasteiger partial charge in [0.1, 0.15) is 5.78 Å². The number of carbonyl (C=O) groups is 1. The number of hydrogen-bond acceptors (Lipinski definition) is 2. The van der Waals surface area contributed by atoms with Gasteiger partial charge in [-0.05, 0) is 29.5 Å². The van der Waals surface area contributed by atoms with E-state index in [1.165, 1.54) is 57.8 Å². The lowest BCUT2D eigenvalue weighted by Crippen LogP contribution is -2.19. The van der Waals surface area contributed by atoms with E-state index in [1.54, 1.807) is 11.3 Å². The monoisotopic (exact) mass is 278 g/mol. The summed E-state index contributed by atoms with van der Waals surface area (Å²) in [5.41, 5.74) is 0. The molecule has 0 N–H and O–H groups in total. The Morgan fingerprint density at radius 2 is 1.47 bits per heavy atom. The third-order valence-corrected chi connectivity index (χ3v) is 5.08. The SMILES string of the molecule is O=C(CC1CCCC1)C1CCCCC1.c1ccsc1. The molecule has 0 saturated heterocycles. The molecule has 0 aliphatic heterocycles. The molecule has 0 radical (unpaired) electrons. The van der Waals surface area contributed by atoms with Gasteiger partial charge in [-0.3, -0.25) is 4.79 Å². The lowest BCUT2D eigenvalue weighted by molar-refractivity contribution is -0.124. The molecule has 2 fully saturated rings. The molecule has 0 amide bonds. The maximum absolute atomic E-state index is 12.0. The normalized spacial score (nSPS) is 20.8. The first-order chi connectivity index (χ1) is 9.36. The Morgan fingerprint density at radius 1 is 0.895 bits per heavy atom. The summed E-state index contributed by atoms with van der Waals surface area (Å²) in [5, 5.41) is 4.08. The van der Waals surface area contributed by atoms with E-state index in [0.717, 1.165) is 12.3 Å². The van der Waals surface area contributed by atoms with Gasteiger partial charge in [-0.25, -0.2) is 0 Å². The minimum Gasteiger partial charge on any atom is -0.299 e. The molecule has 0 spiro atoms. The highest BCUT2D eigenvalue weighted by Gasteiger charge is 2.25. The molecular weight excluding hydrogens is 252 g/mol. The van der Waals surface area contributed by atoms with Crippen molar-refractivity contribution in [3.8, 4) is 0 Å². The van der Waals surface area contributed by atoms with Crippen LogP contribution in [0.5, 0.6) is 0 Å². The van der Waals surface area contributed by atoms with E-state index < -0.39 is 0 Å². The van der Waals surface area contributed by atoms with Crippen LogP contribution in [0.15, 0.2) is 22.9 Å². The topological polar surface area (TPSA) is 17.1 Å². The zero-order valence-electron chi connectivity index (χ0n) is 11.9. The van der Waals surface area contributed by atoms with E-state index in [1.807, 2.05) is 22.9 Å². The second kappa shape index (κ2) is 8.52. The van der Waals surface area contributed by atoms with Crippen LogP contribution in [0, 0.1) is 11.8 Å². The molecule has 1 heterocycles. The van der Waals surface area contributed by atoms with E-state index in [0.29, 0.717) is 11.7 Å². The molecule has 0 aromatic carbocycles. The summed E-state index contributed by atoms with van der Waals surface area (Å²) < 4.78 is 0. The van der Waals surface area contributed by atoms with Gasteiger partial charge in [0.15, 0.2) is 0 Å². The summed E-state index contributed by atoms with van der Waals surface area (Å²) >= 11 is 1.71. The highest BCUT2D eigenvalue weighted by atomic mass is 32.1. The molecule has 2 aliphatic carbocycles. The molecule has 0 unspecified atom stereocenters. The minimum atomic E-state index is 0.448. The largest absolute Gasteiger partial charge is 0.299 e. The third-order valence-electron chi connectivity index (χ3n) is 4.45. The molecule has 1 aromatic rings. The first kappa shape index (κ1) is 14.8. The molecule has 0 atom stereocenters. The van der Waals surface area contributed by atoms with Crippen LogP contribution in [0.25, 0.3) is 0 Å². The molecular formula is C17H26OS. The van der Waals surface area contributed by atoms with Crippen molar-refractivity contribution >= 4 is 17.1 Å². The van der Waals surface area contributed by atoms with Gasteiger partial charge in [-0.15, -0.1) is 0 Å². The van der Waals surface area contributed by atoms with Crippen LogP contribution >= 0.6 is 11.3 Å². The Kier molecular flexibility index (Phi) is 6.63. The molecule has 2 heteroatoms. The summed E-state index contributed by atoms with van der Waals surface area (Å²) in [5.74, 6) is 1.80. The van der Waals surface area contributed by atoms with Crippen LogP contribution in [0.4, 0.5) is 0 Å². The van der Waals surface area contributed by atoms with Gasteiger partial charge in [0.2, 0.25) is 0 Å². The van der Waals surface area contributed by atoms with Crippen molar-refractivity contribution in [2.24, 2.45) is 11.8 Å². The zero-order chi connectivity index (χ0) is 13.3. The fraction of sp³-hybridized carbons (Fsp3) is 0.706. The van der Waals surface area contributed by atoms with E-state index in [4.69, 9.17) is 0 Å². The predicted octanol–water partition coefficient (Wildman–Crippen LogP) is 5.46. The first-order valence-electron chi connectivity index (χ1n) is 7.86. The van der Waals surface area contributed by atoms with Crippen molar-refractivity contribution in [2.45, 2.75) is 64.2 Å². The smallest absolute Gasteiger partial charge is 0.136 e. The number of ketones is 1. The van der Waals surface area contributed by atoms with E-state index in [2.05, 4.69) is 0 Å². The first-order valence-corrected chi connectivity index (χ1v) is 8.80. The van der Waals surface area contributed by atoms with Crippen molar-refractivity contribution in [2.75, 3.05) is 0 Å². The quantitative estimate of drug-likeness (QED) is 0.717. The standard InChI is InChI=1S/C13H22O.C4H4S/c14-13(10-11-6-4-5-7-11)12-8-2-1-3-9-12;1-2-4-5-3-1/h11-12H,1-10H2;1-4H. The van der Waals surface area contributed by atoms with Crippen LogP contribution in [0.1, 0.15) is 64.2 Å². The van der Waals surface area contributed by atoms with Gasteiger partial charge >= 0.3 is 0 Å². The molecule has 1 nitrogen and oxygen atoms in total. The van der Waals surface area contributed by atoms with Gasteiger partial charge in [0.25, 0.3) is 0 Å². The van der Waals surface area contributed by atoms with Crippen molar-refractivity contribution < 1.29 is 4.79 Å². The third kappa shape index (κ3) is 5.48. The van der Waals surface area contributed by atoms with Crippen LogP contribution in [-0.4, -0.2) is 5.78 Å². The van der Waals surface area contributed by atoms with Gasteiger partial charge in [-0.2, -0.15) is 11.3 Å².